The highest BCUT2D eigenvalue weighted by Crippen LogP contribution is 2.29. The van der Waals surface area contributed by atoms with Crippen molar-refractivity contribution in [1.82, 2.24) is 14.6 Å². The number of aromatic nitrogens is 3. The number of hydrogen-bond acceptors (Lipinski definition) is 6. The number of hydrogen-bond donors (Lipinski definition) is 1. The highest BCUT2D eigenvalue weighted by Gasteiger charge is 2.11. The van der Waals surface area contributed by atoms with Crippen molar-refractivity contribution in [2.24, 2.45) is 0 Å². The quantitative estimate of drug-likeness (QED) is 0.380. The van der Waals surface area contributed by atoms with Crippen molar-refractivity contribution in [3.05, 3.63) is 71.9 Å². The molecule has 27 heavy (non-hydrogen) atoms. The van der Waals surface area contributed by atoms with Crippen LogP contribution < -0.4 is 10.6 Å². The number of thioether (sulfide) groups is 1. The van der Waals surface area contributed by atoms with Crippen molar-refractivity contribution in [2.45, 2.75) is 10.9 Å². The van der Waals surface area contributed by atoms with E-state index in [1.54, 1.807) is 34.9 Å². The summed E-state index contributed by atoms with van der Waals surface area (Å²) in [6, 6.07) is 18.0. The van der Waals surface area contributed by atoms with Crippen LogP contribution in [0, 0.1) is 0 Å². The van der Waals surface area contributed by atoms with E-state index in [1.165, 1.54) is 0 Å². The Balaban J connectivity index is 1.45. The Hall–Kier alpha value is -2.77. The summed E-state index contributed by atoms with van der Waals surface area (Å²) in [5.74, 6) is 7.63. The van der Waals surface area contributed by atoms with E-state index < -0.39 is 0 Å². The Morgan fingerprint density at radius 3 is 2.56 bits per heavy atom. The van der Waals surface area contributed by atoms with E-state index in [-0.39, 0.29) is 0 Å². The molecule has 5 nitrogen and oxygen atoms in total. The molecule has 0 aliphatic heterocycles. The van der Waals surface area contributed by atoms with Gasteiger partial charge in [-0.2, -0.15) is 0 Å². The van der Waals surface area contributed by atoms with Crippen LogP contribution in [-0.4, -0.2) is 21.8 Å². The predicted octanol–water partition coefficient (Wildman–Crippen LogP) is 4.69. The van der Waals surface area contributed by atoms with Crippen molar-refractivity contribution < 1.29 is 4.74 Å². The molecule has 2 aromatic heterocycles. The van der Waals surface area contributed by atoms with Gasteiger partial charge in [0.1, 0.15) is 10.8 Å². The first kappa shape index (κ1) is 17.6. The minimum Gasteiger partial charge on any atom is -0.497 e. The lowest BCUT2D eigenvalue weighted by molar-refractivity contribution is 0.415. The average molecular weight is 395 g/mol. The third-order valence-corrected chi connectivity index (χ3v) is 5.95. The van der Waals surface area contributed by atoms with E-state index >= 15 is 0 Å². The van der Waals surface area contributed by atoms with E-state index in [2.05, 4.69) is 10.4 Å². The van der Waals surface area contributed by atoms with Gasteiger partial charge in [-0.3, -0.25) is 0 Å². The minimum atomic E-state index is 0.717. The predicted molar refractivity (Wildman–Crippen MR) is 111 cm³/mol. The van der Waals surface area contributed by atoms with Crippen molar-refractivity contribution in [1.29, 1.82) is 0 Å². The van der Waals surface area contributed by atoms with Gasteiger partial charge in [0, 0.05) is 22.3 Å². The van der Waals surface area contributed by atoms with Gasteiger partial charge in [0.2, 0.25) is 0 Å². The van der Waals surface area contributed by atoms with Crippen molar-refractivity contribution >= 4 is 23.1 Å². The Morgan fingerprint density at radius 2 is 1.81 bits per heavy atom. The molecule has 0 saturated carbocycles. The van der Waals surface area contributed by atoms with Gasteiger partial charge < -0.3 is 10.6 Å². The van der Waals surface area contributed by atoms with Crippen LogP contribution in [0.3, 0.4) is 0 Å². The molecule has 0 unspecified atom stereocenters. The van der Waals surface area contributed by atoms with Crippen LogP contribution in [0.25, 0.3) is 21.8 Å². The fraction of sp³-hybridized carbons (Fsp3) is 0.100. The molecular formula is C20H18N4OS2. The number of thiazole rings is 1. The molecular weight excluding hydrogens is 376 g/mol. The normalized spacial score (nSPS) is 10.9. The summed E-state index contributed by atoms with van der Waals surface area (Å²) < 4.78 is 6.77. The topological polar surface area (TPSA) is 66.0 Å². The monoisotopic (exact) mass is 394 g/mol. The average Bonchev–Trinajstić information content (AvgIpc) is 3.34. The second-order valence-electron chi connectivity index (χ2n) is 5.84. The molecule has 136 valence electrons. The maximum atomic E-state index is 6.07. The van der Waals surface area contributed by atoms with Crippen LogP contribution in [0.4, 0.5) is 0 Å². The molecule has 0 bridgehead atoms. The van der Waals surface area contributed by atoms with E-state index in [0.717, 1.165) is 44.2 Å². The molecule has 0 amide bonds. The van der Waals surface area contributed by atoms with Crippen LogP contribution in [-0.2, 0) is 5.75 Å². The Labute approximate surface area is 165 Å². The number of rotatable bonds is 6. The Kier molecular flexibility index (Phi) is 5.13. The fourth-order valence-corrected chi connectivity index (χ4v) is 4.33. The molecule has 0 atom stereocenters. The van der Waals surface area contributed by atoms with Crippen molar-refractivity contribution in [3.8, 4) is 27.6 Å². The first-order valence-electron chi connectivity index (χ1n) is 8.34. The molecule has 2 N–H and O–H groups in total. The minimum absolute atomic E-state index is 0.717. The van der Waals surface area contributed by atoms with Gasteiger partial charge in [-0.15, -0.1) is 11.3 Å². The highest BCUT2D eigenvalue weighted by atomic mass is 32.2. The smallest absolute Gasteiger partial charge is 0.187 e. The van der Waals surface area contributed by atoms with E-state index in [9.17, 15) is 0 Å². The van der Waals surface area contributed by atoms with E-state index in [0.29, 0.717) is 0 Å². The maximum Gasteiger partial charge on any atom is 0.187 e. The largest absolute Gasteiger partial charge is 0.497 e. The van der Waals surface area contributed by atoms with Crippen LogP contribution in [0.5, 0.6) is 5.75 Å². The summed E-state index contributed by atoms with van der Waals surface area (Å²) in [7, 11) is 1.66. The van der Waals surface area contributed by atoms with Crippen LogP contribution >= 0.6 is 23.1 Å². The zero-order valence-electron chi connectivity index (χ0n) is 14.7. The summed E-state index contributed by atoms with van der Waals surface area (Å²) in [4.78, 5) is 9.37. The van der Waals surface area contributed by atoms with Gasteiger partial charge >= 0.3 is 0 Å². The molecule has 4 aromatic rings. The lowest BCUT2D eigenvalue weighted by Crippen LogP contribution is -2.07. The number of nitrogen functional groups attached to an aromatic ring is 1. The van der Waals surface area contributed by atoms with Crippen molar-refractivity contribution in [3.63, 3.8) is 0 Å². The van der Waals surface area contributed by atoms with Gasteiger partial charge in [-0.05, 0) is 24.3 Å². The lowest BCUT2D eigenvalue weighted by atomic mass is 10.2. The van der Waals surface area contributed by atoms with Crippen LogP contribution in [0.2, 0.25) is 0 Å². The number of imidazole rings is 1. The fourth-order valence-electron chi connectivity index (χ4n) is 2.61. The molecule has 0 fully saturated rings. The number of ether oxygens (including phenoxy) is 1. The molecule has 0 radical (unpaired) electrons. The first-order chi connectivity index (χ1) is 13.2. The zero-order chi connectivity index (χ0) is 18.6. The van der Waals surface area contributed by atoms with E-state index in [4.69, 9.17) is 15.6 Å². The summed E-state index contributed by atoms with van der Waals surface area (Å²) in [6.07, 6.45) is 1.85. The SMILES string of the molecule is COc1ccc(-c2nc(CSc3nc(-c4ccccc4)cn3N)cs2)cc1. The summed E-state index contributed by atoms with van der Waals surface area (Å²) in [5, 5.41) is 3.84. The third-order valence-electron chi connectivity index (χ3n) is 4.01. The van der Waals surface area contributed by atoms with Gasteiger partial charge in [-0.1, -0.05) is 42.1 Å². The summed E-state index contributed by atoms with van der Waals surface area (Å²) >= 11 is 3.22. The van der Waals surface area contributed by atoms with Gasteiger partial charge in [0.05, 0.1) is 24.7 Å². The van der Waals surface area contributed by atoms with E-state index in [1.807, 2.05) is 60.8 Å². The maximum absolute atomic E-state index is 6.07. The van der Waals surface area contributed by atoms with Gasteiger partial charge in [-0.25, -0.2) is 14.6 Å². The Morgan fingerprint density at radius 1 is 1.04 bits per heavy atom. The second-order valence-corrected chi connectivity index (χ2v) is 7.64. The highest BCUT2D eigenvalue weighted by molar-refractivity contribution is 7.98. The Bertz CT molecular complexity index is 1030. The van der Waals surface area contributed by atoms with Gasteiger partial charge in [0.25, 0.3) is 0 Å². The molecule has 2 aromatic carbocycles. The number of methoxy groups -OCH3 is 1. The first-order valence-corrected chi connectivity index (χ1v) is 10.2. The zero-order valence-corrected chi connectivity index (χ0v) is 16.3. The third kappa shape index (κ3) is 3.99. The second kappa shape index (κ2) is 7.85. The summed E-state index contributed by atoms with van der Waals surface area (Å²) in [6.45, 7) is 0. The lowest BCUT2D eigenvalue weighted by Gasteiger charge is -2.00. The molecule has 7 heteroatoms. The van der Waals surface area contributed by atoms with Crippen molar-refractivity contribution in [2.75, 3.05) is 13.0 Å². The number of benzene rings is 2. The number of nitrogens with zero attached hydrogens (tertiary/aromatic N) is 3. The standard InChI is InChI=1S/C20H18N4OS2/c1-25-17-9-7-15(8-10-17)19-22-16(12-26-19)13-27-20-23-18(11-24(20)21)14-5-3-2-4-6-14/h2-12H,13,21H2,1H3. The molecule has 0 spiro atoms. The molecule has 0 saturated heterocycles. The van der Waals surface area contributed by atoms with Gasteiger partial charge in [0.15, 0.2) is 5.16 Å². The summed E-state index contributed by atoms with van der Waals surface area (Å²) in [5.41, 5.74) is 4.03. The molecule has 4 rings (SSSR count). The molecule has 2 heterocycles. The molecule has 0 aliphatic carbocycles. The van der Waals surface area contributed by atoms with Crippen LogP contribution in [0.1, 0.15) is 5.69 Å². The molecule has 0 aliphatic rings. The van der Waals surface area contributed by atoms with Crippen LogP contribution in [0.15, 0.2) is 71.3 Å². The number of nitrogens with two attached hydrogens (primary N) is 1.